The van der Waals surface area contributed by atoms with Gasteiger partial charge in [0.1, 0.15) is 0 Å². The Labute approximate surface area is 155 Å². The zero-order valence-corrected chi connectivity index (χ0v) is 16.4. The zero-order chi connectivity index (χ0) is 19.1. The van der Waals surface area contributed by atoms with Gasteiger partial charge in [-0.25, -0.2) is 8.42 Å². The van der Waals surface area contributed by atoms with Gasteiger partial charge in [0, 0.05) is 24.8 Å². The lowest BCUT2D eigenvalue weighted by Crippen LogP contribution is -2.31. The third kappa shape index (κ3) is 3.60. The Hall–Kier alpha value is -2.34. The molecule has 1 amide bonds. The Kier molecular flexibility index (Phi) is 4.56. The maximum absolute atomic E-state index is 12.7. The van der Waals surface area contributed by atoms with Crippen LogP contribution in [0.1, 0.15) is 38.3 Å². The topological polar surface area (TPSA) is 66.5 Å². The quantitative estimate of drug-likeness (QED) is 0.893. The lowest BCUT2D eigenvalue weighted by Gasteiger charge is -2.26. The molecule has 3 rings (SSSR count). The predicted octanol–water partition coefficient (Wildman–Crippen LogP) is 3.69. The minimum atomic E-state index is -3.66. The summed E-state index contributed by atoms with van der Waals surface area (Å²) in [6, 6.07) is 12.2. The van der Waals surface area contributed by atoms with E-state index in [1.54, 1.807) is 42.3 Å². The number of carbonyl (C=O) groups excluding carboxylic acids is 1. The van der Waals surface area contributed by atoms with E-state index in [4.69, 9.17) is 0 Å². The number of amides is 1. The third-order valence-corrected chi connectivity index (χ3v) is 6.10. The summed E-state index contributed by atoms with van der Waals surface area (Å²) >= 11 is 0. The van der Waals surface area contributed by atoms with Gasteiger partial charge in [0.15, 0.2) is 0 Å². The van der Waals surface area contributed by atoms with Gasteiger partial charge in [0.25, 0.3) is 10.0 Å². The number of anilines is 2. The number of nitrogens with zero attached hydrogens (tertiary/aromatic N) is 1. The van der Waals surface area contributed by atoms with Gasteiger partial charge in [-0.1, -0.05) is 32.9 Å². The molecule has 1 heterocycles. The smallest absolute Gasteiger partial charge is 0.261 e. The largest absolute Gasteiger partial charge is 0.315 e. The molecule has 1 N–H and O–H groups in total. The molecule has 1 aliphatic rings. The summed E-state index contributed by atoms with van der Waals surface area (Å²) < 4.78 is 28.0. The summed E-state index contributed by atoms with van der Waals surface area (Å²) in [5, 5.41) is 0. The molecule has 26 heavy (non-hydrogen) atoms. The van der Waals surface area contributed by atoms with E-state index < -0.39 is 10.0 Å². The van der Waals surface area contributed by atoms with Crippen LogP contribution in [0.4, 0.5) is 11.4 Å². The Morgan fingerprint density at radius 2 is 1.65 bits per heavy atom. The van der Waals surface area contributed by atoms with Crippen LogP contribution < -0.4 is 9.62 Å². The summed E-state index contributed by atoms with van der Waals surface area (Å²) in [7, 11) is -1.92. The number of aryl methyl sites for hydroxylation is 1. The zero-order valence-electron chi connectivity index (χ0n) is 15.5. The van der Waals surface area contributed by atoms with E-state index in [2.05, 4.69) is 25.5 Å². The Balaban J connectivity index is 1.85. The van der Waals surface area contributed by atoms with Crippen molar-refractivity contribution in [2.45, 2.75) is 43.9 Å². The first-order chi connectivity index (χ1) is 12.1. The minimum absolute atomic E-state index is 0.0301. The van der Waals surface area contributed by atoms with Crippen LogP contribution in [0.2, 0.25) is 0 Å². The molecule has 0 aliphatic carbocycles. The summed E-state index contributed by atoms with van der Waals surface area (Å²) in [6.07, 6.45) is 1.06. The highest BCUT2D eigenvalue weighted by Gasteiger charge is 2.22. The van der Waals surface area contributed by atoms with Crippen LogP contribution in [-0.4, -0.2) is 21.4 Å². The molecule has 0 radical (unpaired) electrons. The maximum atomic E-state index is 12.7. The highest BCUT2D eigenvalue weighted by molar-refractivity contribution is 7.92. The van der Waals surface area contributed by atoms with Crippen LogP contribution in [0, 0.1) is 0 Å². The van der Waals surface area contributed by atoms with Crippen molar-refractivity contribution in [2.24, 2.45) is 0 Å². The normalized spacial score (nSPS) is 14.9. The number of hydrogen-bond donors (Lipinski definition) is 1. The Bertz CT molecular complexity index is 942. The Morgan fingerprint density at radius 3 is 2.27 bits per heavy atom. The van der Waals surface area contributed by atoms with Crippen LogP contribution in [-0.2, 0) is 26.7 Å². The minimum Gasteiger partial charge on any atom is -0.315 e. The molecular weight excluding hydrogens is 348 g/mol. The lowest BCUT2D eigenvalue weighted by atomic mass is 9.87. The lowest BCUT2D eigenvalue weighted by molar-refractivity contribution is -0.118. The van der Waals surface area contributed by atoms with Gasteiger partial charge in [-0.3, -0.25) is 9.52 Å². The van der Waals surface area contributed by atoms with Crippen LogP contribution in [0.25, 0.3) is 0 Å². The average Bonchev–Trinajstić information content (AvgIpc) is 2.57. The first-order valence-corrected chi connectivity index (χ1v) is 10.1. The number of carbonyl (C=O) groups is 1. The van der Waals surface area contributed by atoms with Crippen LogP contribution in [0.5, 0.6) is 0 Å². The second-order valence-electron chi connectivity index (χ2n) is 7.68. The molecule has 6 heteroatoms. The first-order valence-electron chi connectivity index (χ1n) is 8.61. The first kappa shape index (κ1) is 18.5. The van der Waals surface area contributed by atoms with E-state index in [0.717, 1.165) is 16.8 Å². The summed E-state index contributed by atoms with van der Waals surface area (Å²) in [6.45, 7) is 6.26. The maximum Gasteiger partial charge on any atom is 0.261 e. The fraction of sp³-hybridized carbons (Fsp3) is 0.350. The van der Waals surface area contributed by atoms with E-state index in [1.165, 1.54) is 0 Å². The third-order valence-electron chi connectivity index (χ3n) is 4.71. The average molecular weight is 372 g/mol. The molecule has 5 nitrogen and oxygen atoms in total. The summed E-state index contributed by atoms with van der Waals surface area (Å²) in [5.41, 5.74) is 3.36. The fourth-order valence-corrected chi connectivity index (χ4v) is 4.12. The molecular formula is C20H24N2O3S. The molecule has 0 saturated carbocycles. The molecule has 0 saturated heterocycles. The SMILES string of the molecule is CN1C(=O)CCc2cc(NS(=O)(=O)c3ccc(C(C)(C)C)cc3)ccc21. The standard InChI is InChI=1S/C20H24N2O3S/c1-20(2,3)15-6-9-17(10-7-15)26(24,25)21-16-8-11-18-14(13-16)5-12-19(23)22(18)4/h6-11,13,21H,5,12H2,1-4H3. The van der Waals surface area contributed by atoms with E-state index >= 15 is 0 Å². The molecule has 1 aliphatic heterocycles. The van der Waals surface area contributed by atoms with E-state index in [9.17, 15) is 13.2 Å². The van der Waals surface area contributed by atoms with Gasteiger partial charge in [0.2, 0.25) is 5.91 Å². The van der Waals surface area contributed by atoms with Gasteiger partial charge in [-0.2, -0.15) is 0 Å². The number of fused-ring (bicyclic) bond motifs is 1. The van der Waals surface area contributed by atoms with Crippen molar-refractivity contribution in [3.63, 3.8) is 0 Å². The number of rotatable bonds is 3. The monoisotopic (exact) mass is 372 g/mol. The molecule has 138 valence electrons. The van der Waals surface area contributed by atoms with E-state index in [-0.39, 0.29) is 16.2 Å². The van der Waals surface area contributed by atoms with Crippen molar-refractivity contribution in [3.05, 3.63) is 53.6 Å². The number of sulfonamides is 1. The summed E-state index contributed by atoms with van der Waals surface area (Å²) in [4.78, 5) is 13.6. The van der Waals surface area contributed by atoms with Gasteiger partial charge in [-0.15, -0.1) is 0 Å². The van der Waals surface area contributed by atoms with Crippen molar-refractivity contribution in [2.75, 3.05) is 16.7 Å². The molecule has 0 atom stereocenters. The number of nitrogens with one attached hydrogen (secondary N) is 1. The molecule has 0 spiro atoms. The van der Waals surface area contributed by atoms with Crippen LogP contribution >= 0.6 is 0 Å². The van der Waals surface area contributed by atoms with Crippen LogP contribution in [0.15, 0.2) is 47.4 Å². The van der Waals surface area contributed by atoms with Crippen LogP contribution in [0.3, 0.4) is 0 Å². The molecule has 0 unspecified atom stereocenters. The van der Waals surface area contributed by atoms with E-state index in [0.29, 0.717) is 18.5 Å². The second-order valence-corrected chi connectivity index (χ2v) is 9.36. The van der Waals surface area contributed by atoms with Gasteiger partial charge >= 0.3 is 0 Å². The number of benzene rings is 2. The molecule has 0 aromatic heterocycles. The van der Waals surface area contributed by atoms with E-state index in [1.807, 2.05) is 12.1 Å². The highest BCUT2D eigenvalue weighted by Crippen LogP contribution is 2.30. The summed E-state index contributed by atoms with van der Waals surface area (Å²) in [5.74, 6) is 0.0739. The molecule has 0 bridgehead atoms. The van der Waals surface area contributed by atoms with Crippen molar-refractivity contribution < 1.29 is 13.2 Å². The van der Waals surface area contributed by atoms with Crippen molar-refractivity contribution in [3.8, 4) is 0 Å². The van der Waals surface area contributed by atoms with Gasteiger partial charge < -0.3 is 4.90 Å². The highest BCUT2D eigenvalue weighted by atomic mass is 32.2. The predicted molar refractivity (Wildman–Crippen MR) is 104 cm³/mol. The molecule has 2 aromatic carbocycles. The van der Waals surface area contributed by atoms with Crippen molar-refractivity contribution >= 4 is 27.3 Å². The second kappa shape index (κ2) is 6.43. The Morgan fingerprint density at radius 1 is 1.00 bits per heavy atom. The molecule has 0 fully saturated rings. The number of hydrogen-bond acceptors (Lipinski definition) is 3. The molecule has 2 aromatic rings. The van der Waals surface area contributed by atoms with Gasteiger partial charge in [0.05, 0.1) is 4.90 Å². The fourth-order valence-electron chi connectivity index (χ4n) is 3.07. The van der Waals surface area contributed by atoms with Crippen molar-refractivity contribution in [1.82, 2.24) is 0 Å². The van der Waals surface area contributed by atoms with Crippen molar-refractivity contribution in [1.29, 1.82) is 0 Å². The van der Waals surface area contributed by atoms with Gasteiger partial charge in [-0.05, 0) is 53.3 Å².